The molecule has 7 nitrogen and oxygen atoms in total. The molecule has 186 valence electrons. The third-order valence-electron chi connectivity index (χ3n) is 5.69. The maximum absolute atomic E-state index is 13.6. The van der Waals surface area contributed by atoms with Gasteiger partial charge in [0.15, 0.2) is 0 Å². The maximum Gasteiger partial charge on any atom is 0.244 e. The Kier molecular flexibility index (Phi) is 10.1. The molecule has 0 fully saturated rings. The summed E-state index contributed by atoms with van der Waals surface area (Å²) in [6.45, 7) is 8.16. The van der Waals surface area contributed by atoms with Gasteiger partial charge in [-0.25, -0.2) is 8.42 Å². The summed E-state index contributed by atoms with van der Waals surface area (Å²) in [7, 11) is -3.72. The van der Waals surface area contributed by atoms with E-state index in [1.165, 1.54) is 4.90 Å². The van der Waals surface area contributed by atoms with Gasteiger partial charge in [0.05, 0.1) is 11.9 Å². The summed E-state index contributed by atoms with van der Waals surface area (Å²) in [5.41, 5.74) is 3.37. The minimum Gasteiger partial charge on any atom is -0.354 e. The van der Waals surface area contributed by atoms with E-state index < -0.39 is 22.0 Å². The Balaban J connectivity index is 2.37. The number of rotatable bonds is 12. The summed E-state index contributed by atoms with van der Waals surface area (Å²) in [6.07, 6.45) is 3.30. The molecule has 2 aromatic rings. The standard InChI is InChI=1S/C26H37N3O4S/c1-6-8-17-27-26(31)24(7-2)28(18-22-13-9-20(3)10-14-22)25(30)19-29(34(5,32)33)23-15-11-21(4)12-16-23/h9-16,24H,6-8,17-19H2,1-5H3,(H,27,31)/t24-/m1/s1. The van der Waals surface area contributed by atoms with Crippen molar-refractivity contribution in [2.24, 2.45) is 0 Å². The number of amides is 2. The van der Waals surface area contributed by atoms with Gasteiger partial charge >= 0.3 is 0 Å². The summed E-state index contributed by atoms with van der Waals surface area (Å²) in [4.78, 5) is 28.1. The van der Waals surface area contributed by atoms with Crippen LogP contribution < -0.4 is 9.62 Å². The zero-order chi connectivity index (χ0) is 25.3. The fourth-order valence-corrected chi connectivity index (χ4v) is 4.49. The highest BCUT2D eigenvalue weighted by molar-refractivity contribution is 7.92. The quantitative estimate of drug-likeness (QED) is 0.462. The SMILES string of the molecule is CCCCNC(=O)[C@@H](CC)N(Cc1ccc(C)cc1)C(=O)CN(c1ccc(C)cc1)S(C)(=O)=O. The van der Waals surface area contributed by atoms with E-state index in [0.717, 1.165) is 40.1 Å². The molecule has 2 aromatic carbocycles. The lowest BCUT2D eigenvalue weighted by molar-refractivity contribution is -0.140. The van der Waals surface area contributed by atoms with Crippen molar-refractivity contribution >= 4 is 27.5 Å². The summed E-state index contributed by atoms with van der Waals surface area (Å²) in [5, 5.41) is 2.92. The van der Waals surface area contributed by atoms with Crippen molar-refractivity contribution < 1.29 is 18.0 Å². The molecule has 0 saturated carbocycles. The number of carbonyl (C=O) groups is 2. The first-order valence-corrected chi connectivity index (χ1v) is 13.6. The molecular formula is C26H37N3O4S. The first kappa shape index (κ1) is 27.4. The number of aryl methyl sites for hydroxylation is 2. The Morgan fingerprint density at radius 3 is 2.00 bits per heavy atom. The minimum atomic E-state index is -3.72. The number of nitrogens with one attached hydrogen (secondary N) is 1. The fourth-order valence-electron chi connectivity index (χ4n) is 3.64. The van der Waals surface area contributed by atoms with Gasteiger partial charge in [-0.1, -0.05) is 67.8 Å². The third kappa shape index (κ3) is 7.87. The van der Waals surface area contributed by atoms with Crippen LogP contribution in [0.15, 0.2) is 48.5 Å². The summed E-state index contributed by atoms with van der Waals surface area (Å²) >= 11 is 0. The summed E-state index contributed by atoms with van der Waals surface area (Å²) in [6, 6.07) is 14.0. The minimum absolute atomic E-state index is 0.213. The highest BCUT2D eigenvalue weighted by atomic mass is 32.2. The number of hydrogen-bond acceptors (Lipinski definition) is 4. The predicted molar refractivity (Wildman–Crippen MR) is 137 cm³/mol. The zero-order valence-corrected chi connectivity index (χ0v) is 21.7. The highest BCUT2D eigenvalue weighted by Gasteiger charge is 2.31. The van der Waals surface area contributed by atoms with Gasteiger partial charge in [0.1, 0.15) is 12.6 Å². The van der Waals surface area contributed by atoms with Crippen LogP contribution in [0.4, 0.5) is 5.69 Å². The van der Waals surface area contributed by atoms with Crippen molar-refractivity contribution in [3.63, 3.8) is 0 Å². The van der Waals surface area contributed by atoms with Crippen LogP contribution in [0.2, 0.25) is 0 Å². The van der Waals surface area contributed by atoms with Gasteiger partial charge in [0.25, 0.3) is 0 Å². The molecule has 2 rings (SSSR count). The highest BCUT2D eigenvalue weighted by Crippen LogP contribution is 2.20. The van der Waals surface area contributed by atoms with E-state index in [0.29, 0.717) is 18.7 Å². The number of sulfonamides is 1. The molecule has 2 amide bonds. The molecule has 0 aromatic heterocycles. The molecule has 1 atom stereocenters. The number of unbranched alkanes of at least 4 members (excludes halogenated alkanes) is 1. The van der Waals surface area contributed by atoms with Gasteiger partial charge in [-0.15, -0.1) is 0 Å². The number of benzene rings is 2. The second kappa shape index (κ2) is 12.6. The molecule has 0 spiro atoms. The summed E-state index contributed by atoms with van der Waals surface area (Å²) in [5.74, 6) is -0.651. The molecule has 0 unspecified atom stereocenters. The van der Waals surface area contributed by atoms with Crippen molar-refractivity contribution in [3.05, 3.63) is 65.2 Å². The number of nitrogens with zero attached hydrogens (tertiary/aromatic N) is 2. The first-order chi connectivity index (χ1) is 16.1. The van der Waals surface area contributed by atoms with Crippen molar-refractivity contribution in [2.45, 2.75) is 59.5 Å². The Bertz CT molecular complexity index is 1050. The van der Waals surface area contributed by atoms with Gasteiger partial charge in [-0.3, -0.25) is 13.9 Å². The van der Waals surface area contributed by atoms with Crippen LogP contribution in [0.1, 0.15) is 49.8 Å². The number of hydrogen-bond donors (Lipinski definition) is 1. The molecule has 0 aliphatic carbocycles. The van der Waals surface area contributed by atoms with Gasteiger partial charge in [-0.05, 0) is 44.4 Å². The van der Waals surface area contributed by atoms with Gasteiger partial charge in [0, 0.05) is 13.1 Å². The van der Waals surface area contributed by atoms with Crippen LogP contribution in [0.5, 0.6) is 0 Å². The van der Waals surface area contributed by atoms with Crippen molar-refractivity contribution in [1.29, 1.82) is 0 Å². The molecule has 0 bridgehead atoms. The average Bonchev–Trinajstić information content (AvgIpc) is 2.78. The zero-order valence-electron chi connectivity index (χ0n) is 20.9. The van der Waals surface area contributed by atoms with E-state index in [-0.39, 0.29) is 19.0 Å². The molecule has 0 aliphatic rings. The van der Waals surface area contributed by atoms with Crippen LogP contribution in [0, 0.1) is 13.8 Å². The molecule has 1 N–H and O–H groups in total. The normalized spacial score (nSPS) is 12.1. The fraction of sp³-hybridized carbons (Fsp3) is 0.462. The van der Waals surface area contributed by atoms with Crippen LogP contribution >= 0.6 is 0 Å². The van der Waals surface area contributed by atoms with Gasteiger partial charge in [0.2, 0.25) is 21.8 Å². The molecule has 8 heteroatoms. The maximum atomic E-state index is 13.6. The lowest BCUT2D eigenvalue weighted by Crippen LogP contribution is -2.52. The number of carbonyl (C=O) groups excluding carboxylic acids is 2. The van der Waals surface area contributed by atoms with E-state index in [4.69, 9.17) is 0 Å². The lowest BCUT2D eigenvalue weighted by Gasteiger charge is -2.33. The Morgan fingerprint density at radius 2 is 1.50 bits per heavy atom. The topological polar surface area (TPSA) is 86.8 Å². The largest absolute Gasteiger partial charge is 0.354 e. The average molecular weight is 488 g/mol. The smallest absolute Gasteiger partial charge is 0.244 e. The van der Waals surface area contributed by atoms with E-state index >= 15 is 0 Å². The molecule has 0 heterocycles. The summed E-state index contributed by atoms with van der Waals surface area (Å²) < 4.78 is 26.3. The van der Waals surface area contributed by atoms with E-state index in [1.54, 1.807) is 24.3 Å². The second-order valence-corrected chi connectivity index (χ2v) is 10.6. The molecular weight excluding hydrogens is 450 g/mol. The van der Waals surface area contributed by atoms with Crippen molar-refractivity contribution in [1.82, 2.24) is 10.2 Å². The Hall–Kier alpha value is -2.87. The van der Waals surface area contributed by atoms with Crippen LogP contribution in [-0.2, 0) is 26.2 Å². The monoisotopic (exact) mass is 487 g/mol. The number of anilines is 1. The van der Waals surface area contributed by atoms with Crippen LogP contribution in [-0.4, -0.2) is 50.5 Å². The van der Waals surface area contributed by atoms with Crippen molar-refractivity contribution in [2.75, 3.05) is 23.7 Å². The van der Waals surface area contributed by atoms with E-state index in [2.05, 4.69) is 5.32 Å². The van der Waals surface area contributed by atoms with Crippen LogP contribution in [0.3, 0.4) is 0 Å². The van der Waals surface area contributed by atoms with Crippen LogP contribution in [0.25, 0.3) is 0 Å². The third-order valence-corrected chi connectivity index (χ3v) is 6.83. The van der Waals surface area contributed by atoms with Gasteiger partial charge in [-0.2, -0.15) is 0 Å². The van der Waals surface area contributed by atoms with E-state index in [1.807, 2.05) is 52.0 Å². The second-order valence-electron chi connectivity index (χ2n) is 8.68. The molecule has 34 heavy (non-hydrogen) atoms. The van der Waals surface area contributed by atoms with E-state index in [9.17, 15) is 18.0 Å². The Labute approximate surface area is 204 Å². The lowest BCUT2D eigenvalue weighted by atomic mass is 10.1. The van der Waals surface area contributed by atoms with Crippen molar-refractivity contribution in [3.8, 4) is 0 Å². The van der Waals surface area contributed by atoms with Gasteiger partial charge < -0.3 is 10.2 Å². The molecule has 0 radical (unpaired) electrons. The Morgan fingerprint density at radius 1 is 0.941 bits per heavy atom. The molecule has 0 aliphatic heterocycles. The predicted octanol–water partition coefficient (Wildman–Crippen LogP) is 3.79. The molecule has 0 saturated heterocycles. The first-order valence-electron chi connectivity index (χ1n) is 11.7.